The average molecular weight is 259 g/mol. The minimum atomic E-state index is -0.0964. The molecule has 0 aromatic heterocycles. The lowest BCUT2D eigenvalue weighted by atomic mass is 10.1. The van der Waals surface area contributed by atoms with Gasteiger partial charge in [-0.15, -0.1) is 0 Å². The number of ether oxygens (including phenoxy) is 1. The van der Waals surface area contributed by atoms with Gasteiger partial charge >= 0.3 is 5.97 Å². The molecule has 0 bridgehead atoms. The Labute approximate surface area is 115 Å². The van der Waals surface area contributed by atoms with Crippen molar-refractivity contribution < 1.29 is 9.53 Å². The molecule has 0 saturated heterocycles. The van der Waals surface area contributed by atoms with E-state index in [0.717, 1.165) is 25.7 Å². The molecule has 19 heavy (non-hydrogen) atoms. The summed E-state index contributed by atoms with van der Waals surface area (Å²) < 4.78 is 5.19. The lowest BCUT2D eigenvalue weighted by Gasteiger charge is -2.09. The quantitative estimate of drug-likeness (QED) is 0.556. The molecular weight excluding hydrogens is 238 g/mol. The molecule has 3 nitrogen and oxygen atoms in total. The molecule has 1 aromatic carbocycles. The topological polar surface area (TPSA) is 50.1 Å². The van der Waals surface area contributed by atoms with Gasteiger partial charge in [0.05, 0.1) is 24.2 Å². The molecule has 0 aliphatic heterocycles. The Bertz CT molecular complexity index is 431. The number of unbranched alkanes of at least 4 members (excludes halogenated alkanes) is 1. The Morgan fingerprint density at radius 1 is 1.32 bits per heavy atom. The van der Waals surface area contributed by atoms with Crippen LogP contribution < -0.4 is 0 Å². The molecule has 0 aliphatic rings. The first kappa shape index (κ1) is 15.2. The first-order chi connectivity index (χ1) is 9.17. The van der Waals surface area contributed by atoms with Crippen LogP contribution in [-0.2, 0) is 16.0 Å². The van der Waals surface area contributed by atoms with E-state index in [9.17, 15) is 4.79 Å². The number of rotatable bonds is 7. The van der Waals surface area contributed by atoms with Crippen molar-refractivity contribution in [2.75, 3.05) is 6.61 Å². The second kappa shape index (κ2) is 8.31. The minimum Gasteiger partial charge on any atom is -0.465 e. The van der Waals surface area contributed by atoms with Crippen molar-refractivity contribution in [3.63, 3.8) is 0 Å². The van der Waals surface area contributed by atoms with Gasteiger partial charge in [-0.2, -0.15) is 5.26 Å². The third-order valence-corrected chi connectivity index (χ3v) is 3.20. The van der Waals surface area contributed by atoms with Crippen LogP contribution in [0.25, 0.3) is 0 Å². The number of carbonyl (C=O) groups is 1. The van der Waals surface area contributed by atoms with E-state index in [1.165, 1.54) is 5.56 Å². The van der Waals surface area contributed by atoms with E-state index >= 15 is 0 Å². The summed E-state index contributed by atoms with van der Waals surface area (Å²) >= 11 is 0. The Balaban J connectivity index is 2.17. The van der Waals surface area contributed by atoms with Gasteiger partial charge in [0.15, 0.2) is 0 Å². The van der Waals surface area contributed by atoms with Crippen LogP contribution in [0.1, 0.15) is 44.2 Å². The summed E-state index contributed by atoms with van der Waals surface area (Å²) in [6, 6.07) is 9.72. The first-order valence-corrected chi connectivity index (χ1v) is 6.83. The molecular formula is C16H21NO2. The van der Waals surface area contributed by atoms with Gasteiger partial charge in [-0.05, 0) is 43.4 Å². The van der Waals surface area contributed by atoms with Gasteiger partial charge < -0.3 is 4.74 Å². The molecule has 0 radical (unpaired) electrons. The van der Waals surface area contributed by atoms with Crippen molar-refractivity contribution in [3.05, 3.63) is 35.4 Å². The highest BCUT2D eigenvalue weighted by atomic mass is 16.5. The second-order valence-electron chi connectivity index (χ2n) is 4.74. The van der Waals surface area contributed by atoms with Gasteiger partial charge in [-0.3, -0.25) is 4.79 Å². The number of nitrogens with zero attached hydrogens (tertiary/aromatic N) is 1. The van der Waals surface area contributed by atoms with E-state index in [0.29, 0.717) is 12.2 Å². The van der Waals surface area contributed by atoms with Crippen LogP contribution >= 0.6 is 0 Å². The van der Waals surface area contributed by atoms with Crippen molar-refractivity contribution in [1.82, 2.24) is 0 Å². The fraction of sp³-hybridized carbons (Fsp3) is 0.500. The van der Waals surface area contributed by atoms with E-state index in [4.69, 9.17) is 10.00 Å². The zero-order chi connectivity index (χ0) is 14.1. The number of benzene rings is 1. The summed E-state index contributed by atoms with van der Waals surface area (Å²) in [7, 11) is 0. The highest BCUT2D eigenvalue weighted by Gasteiger charge is 2.10. The van der Waals surface area contributed by atoms with Crippen molar-refractivity contribution >= 4 is 5.97 Å². The number of hydrogen-bond acceptors (Lipinski definition) is 3. The van der Waals surface area contributed by atoms with Gasteiger partial charge in [-0.1, -0.05) is 26.0 Å². The van der Waals surface area contributed by atoms with Gasteiger partial charge in [-0.25, -0.2) is 0 Å². The highest BCUT2D eigenvalue weighted by molar-refractivity contribution is 5.71. The summed E-state index contributed by atoms with van der Waals surface area (Å²) in [5.74, 6) is -0.0978. The van der Waals surface area contributed by atoms with Crippen LogP contribution in [0.2, 0.25) is 0 Å². The predicted molar refractivity (Wildman–Crippen MR) is 74.5 cm³/mol. The Kier molecular flexibility index (Phi) is 6.67. The molecule has 1 aromatic rings. The van der Waals surface area contributed by atoms with E-state index in [1.807, 2.05) is 38.1 Å². The Morgan fingerprint density at radius 2 is 2.00 bits per heavy atom. The van der Waals surface area contributed by atoms with E-state index in [1.54, 1.807) is 0 Å². The van der Waals surface area contributed by atoms with Crippen LogP contribution in [-0.4, -0.2) is 12.6 Å². The number of aryl methyl sites for hydroxylation is 1. The maximum atomic E-state index is 11.4. The molecule has 0 saturated carbocycles. The van der Waals surface area contributed by atoms with Gasteiger partial charge in [0.2, 0.25) is 0 Å². The number of nitriles is 1. The Hall–Kier alpha value is -1.82. The van der Waals surface area contributed by atoms with Gasteiger partial charge in [0, 0.05) is 0 Å². The number of esters is 1. The maximum Gasteiger partial charge on any atom is 0.308 e. The summed E-state index contributed by atoms with van der Waals surface area (Å²) in [6.07, 6.45) is 3.64. The van der Waals surface area contributed by atoms with Crippen molar-refractivity contribution in [1.29, 1.82) is 5.26 Å². The molecule has 1 rings (SSSR count). The van der Waals surface area contributed by atoms with Crippen molar-refractivity contribution in [3.8, 4) is 6.07 Å². The zero-order valence-electron chi connectivity index (χ0n) is 11.7. The summed E-state index contributed by atoms with van der Waals surface area (Å²) in [5.41, 5.74) is 1.90. The number of carbonyl (C=O) groups excluding carboxylic acids is 1. The third-order valence-electron chi connectivity index (χ3n) is 3.20. The fourth-order valence-electron chi connectivity index (χ4n) is 1.66. The van der Waals surface area contributed by atoms with E-state index < -0.39 is 0 Å². The van der Waals surface area contributed by atoms with Crippen LogP contribution in [0.4, 0.5) is 0 Å². The summed E-state index contributed by atoms with van der Waals surface area (Å²) in [4.78, 5) is 11.4. The number of hydrogen-bond donors (Lipinski definition) is 0. The predicted octanol–water partition coefficient (Wildman–Crippen LogP) is 3.47. The normalized spacial score (nSPS) is 11.6. The lowest BCUT2D eigenvalue weighted by molar-refractivity contribution is -0.148. The minimum absolute atomic E-state index is 0.00136. The molecule has 0 heterocycles. The molecule has 1 unspecified atom stereocenters. The summed E-state index contributed by atoms with van der Waals surface area (Å²) in [5, 5.41) is 8.69. The smallest absolute Gasteiger partial charge is 0.308 e. The molecule has 0 N–H and O–H groups in total. The largest absolute Gasteiger partial charge is 0.465 e. The van der Waals surface area contributed by atoms with Crippen LogP contribution in [0.3, 0.4) is 0 Å². The van der Waals surface area contributed by atoms with E-state index in [2.05, 4.69) is 6.07 Å². The monoisotopic (exact) mass is 259 g/mol. The van der Waals surface area contributed by atoms with Crippen molar-refractivity contribution in [2.45, 2.75) is 39.5 Å². The third kappa shape index (κ3) is 5.56. The molecule has 0 fully saturated rings. The molecule has 0 amide bonds. The summed E-state index contributed by atoms with van der Waals surface area (Å²) in [6.45, 7) is 4.37. The highest BCUT2D eigenvalue weighted by Crippen LogP contribution is 2.08. The van der Waals surface area contributed by atoms with Crippen LogP contribution in [0.15, 0.2) is 24.3 Å². The van der Waals surface area contributed by atoms with E-state index in [-0.39, 0.29) is 11.9 Å². The van der Waals surface area contributed by atoms with Gasteiger partial charge in [0.25, 0.3) is 0 Å². The maximum absolute atomic E-state index is 11.4. The molecule has 3 heteroatoms. The Morgan fingerprint density at radius 3 is 2.58 bits per heavy atom. The SMILES string of the molecule is CCC(C)C(=O)OCCCCc1ccc(C#N)cc1. The standard InChI is InChI=1S/C16H21NO2/c1-3-13(2)16(18)19-11-5-4-6-14-7-9-15(12-17)10-8-14/h7-10,13H,3-6,11H2,1-2H3. The van der Waals surface area contributed by atoms with Crippen molar-refractivity contribution in [2.24, 2.45) is 5.92 Å². The molecule has 102 valence electrons. The van der Waals surface area contributed by atoms with Crippen LogP contribution in [0.5, 0.6) is 0 Å². The lowest BCUT2D eigenvalue weighted by Crippen LogP contribution is -2.14. The van der Waals surface area contributed by atoms with Gasteiger partial charge in [0.1, 0.15) is 0 Å². The van der Waals surface area contributed by atoms with Crippen LogP contribution in [0, 0.1) is 17.2 Å². The molecule has 0 spiro atoms. The molecule has 1 atom stereocenters. The second-order valence-corrected chi connectivity index (χ2v) is 4.74. The first-order valence-electron chi connectivity index (χ1n) is 6.83. The molecule has 0 aliphatic carbocycles. The average Bonchev–Trinajstić information content (AvgIpc) is 2.46. The zero-order valence-corrected chi connectivity index (χ0v) is 11.7. The fourth-order valence-corrected chi connectivity index (χ4v) is 1.66.